The Morgan fingerprint density at radius 2 is 1.85 bits per heavy atom. The number of hydrogen-bond acceptors (Lipinski definition) is 8. The monoisotopic (exact) mass is 449 g/mol. The lowest BCUT2D eigenvalue weighted by molar-refractivity contribution is -0.384. The standard InChI is InChI=1S/C24H27N5O4/c1-23(2,3)13-24(4,5)27-22-20(17-12-15(29(30)31)10-11-19(17)33-22)26-18-9-7-6-8-16(18)21-28-25-14-32-21/h6-12,14,26-27H,13H2,1-5H3. The number of nitro groups is 1. The zero-order valence-corrected chi connectivity index (χ0v) is 19.3. The van der Waals surface area contributed by atoms with E-state index in [-0.39, 0.29) is 16.6 Å². The SMILES string of the molecule is CC(C)(C)CC(C)(C)Nc1oc2ccc([N+](=O)[O-])cc2c1Nc1ccccc1-c1nnco1. The highest BCUT2D eigenvalue weighted by Crippen LogP contribution is 2.42. The van der Waals surface area contributed by atoms with E-state index in [4.69, 9.17) is 8.83 Å². The van der Waals surface area contributed by atoms with Gasteiger partial charge in [-0.25, -0.2) is 0 Å². The van der Waals surface area contributed by atoms with Gasteiger partial charge in [0.1, 0.15) is 11.3 Å². The summed E-state index contributed by atoms with van der Waals surface area (Å²) in [5.74, 6) is 0.861. The number of fused-ring (bicyclic) bond motifs is 1. The van der Waals surface area contributed by atoms with E-state index in [1.165, 1.54) is 18.5 Å². The molecule has 0 bridgehead atoms. The van der Waals surface area contributed by atoms with E-state index in [0.717, 1.165) is 6.42 Å². The number of nitro benzene ring substituents is 1. The van der Waals surface area contributed by atoms with Crippen LogP contribution in [-0.2, 0) is 0 Å². The van der Waals surface area contributed by atoms with Crippen molar-refractivity contribution in [2.24, 2.45) is 5.41 Å². The molecule has 9 heteroatoms. The third-order valence-corrected chi connectivity index (χ3v) is 5.08. The molecule has 4 rings (SSSR count). The van der Waals surface area contributed by atoms with Gasteiger partial charge in [0.2, 0.25) is 18.2 Å². The molecule has 0 amide bonds. The van der Waals surface area contributed by atoms with Crippen LogP contribution in [0.5, 0.6) is 0 Å². The van der Waals surface area contributed by atoms with Gasteiger partial charge in [-0.2, -0.15) is 0 Å². The minimum atomic E-state index is -0.417. The van der Waals surface area contributed by atoms with Crippen LogP contribution in [0.1, 0.15) is 41.0 Å². The van der Waals surface area contributed by atoms with Gasteiger partial charge in [0, 0.05) is 17.7 Å². The first-order valence-electron chi connectivity index (χ1n) is 10.6. The third kappa shape index (κ3) is 4.97. The number of anilines is 3. The number of para-hydroxylation sites is 1. The lowest BCUT2D eigenvalue weighted by Gasteiger charge is -2.33. The maximum atomic E-state index is 11.4. The van der Waals surface area contributed by atoms with E-state index in [1.54, 1.807) is 6.07 Å². The van der Waals surface area contributed by atoms with Crippen molar-refractivity contribution in [3.63, 3.8) is 0 Å². The molecule has 0 aliphatic heterocycles. The van der Waals surface area contributed by atoms with Crippen LogP contribution in [0.15, 0.2) is 57.7 Å². The highest BCUT2D eigenvalue weighted by Gasteiger charge is 2.29. The number of non-ortho nitro benzene ring substituents is 1. The van der Waals surface area contributed by atoms with Crippen molar-refractivity contribution in [1.82, 2.24) is 10.2 Å². The van der Waals surface area contributed by atoms with Crippen molar-refractivity contribution in [1.29, 1.82) is 0 Å². The normalized spacial score (nSPS) is 12.2. The Labute approximate surface area is 191 Å². The van der Waals surface area contributed by atoms with Crippen LogP contribution in [0.25, 0.3) is 22.4 Å². The molecule has 2 N–H and O–H groups in total. The second-order valence-corrected chi connectivity index (χ2v) is 9.90. The molecule has 0 fully saturated rings. The Bertz CT molecular complexity index is 1290. The number of aromatic nitrogens is 2. The number of rotatable bonds is 7. The fourth-order valence-electron chi connectivity index (χ4n) is 4.29. The molecule has 4 aromatic rings. The van der Waals surface area contributed by atoms with Crippen LogP contribution in [0.4, 0.5) is 22.9 Å². The van der Waals surface area contributed by atoms with Crippen LogP contribution in [0.2, 0.25) is 0 Å². The molecular weight excluding hydrogens is 422 g/mol. The van der Waals surface area contributed by atoms with E-state index in [1.807, 2.05) is 24.3 Å². The van der Waals surface area contributed by atoms with Gasteiger partial charge in [0.15, 0.2) is 0 Å². The molecule has 2 aromatic carbocycles. The molecule has 0 saturated carbocycles. The smallest absolute Gasteiger partial charge is 0.270 e. The lowest BCUT2D eigenvalue weighted by atomic mass is 9.82. The van der Waals surface area contributed by atoms with E-state index in [9.17, 15) is 10.1 Å². The summed E-state index contributed by atoms with van der Waals surface area (Å²) in [4.78, 5) is 11.0. The minimum Gasteiger partial charge on any atom is -0.438 e. The molecule has 0 aliphatic carbocycles. The number of hydrogen-bond donors (Lipinski definition) is 2. The molecule has 0 atom stereocenters. The van der Waals surface area contributed by atoms with Crippen molar-refractivity contribution in [2.45, 2.75) is 46.6 Å². The average molecular weight is 450 g/mol. The van der Waals surface area contributed by atoms with Gasteiger partial charge < -0.3 is 19.5 Å². The summed E-state index contributed by atoms with van der Waals surface area (Å²) >= 11 is 0. The summed E-state index contributed by atoms with van der Waals surface area (Å²) in [5.41, 5.74) is 2.30. The maximum Gasteiger partial charge on any atom is 0.270 e. The summed E-state index contributed by atoms with van der Waals surface area (Å²) in [6.07, 6.45) is 2.14. The van der Waals surface area contributed by atoms with Crippen molar-refractivity contribution in [2.75, 3.05) is 10.6 Å². The number of nitrogens with one attached hydrogen (secondary N) is 2. The highest BCUT2D eigenvalue weighted by molar-refractivity contribution is 6.01. The number of furan rings is 1. The third-order valence-electron chi connectivity index (χ3n) is 5.08. The van der Waals surface area contributed by atoms with Gasteiger partial charge in [-0.3, -0.25) is 10.1 Å². The molecule has 0 saturated heterocycles. The Hall–Kier alpha value is -3.88. The van der Waals surface area contributed by atoms with Crippen molar-refractivity contribution in [3.8, 4) is 11.5 Å². The molecule has 2 aromatic heterocycles. The topological polar surface area (TPSA) is 119 Å². The Kier molecular flexibility index (Phi) is 5.57. The number of benzene rings is 2. The fraction of sp³-hybridized carbons (Fsp3) is 0.333. The van der Waals surface area contributed by atoms with Crippen molar-refractivity contribution < 1.29 is 13.8 Å². The van der Waals surface area contributed by atoms with Gasteiger partial charge in [-0.05, 0) is 43.9 Å². The van der Waals surface area contributed by atoms with Crippen molar-refractivity contribution >= 4 is 33.9 Å². The zero-order chi connectivity index (χ0) is 23.8. The van der Waals surface area contributed by atoms with Gasteiger partial charge in [0.25, 0.3) is 5.69 Å². The molecule has 33 heavy (non-hydrogen) atoms. The van der Waals surface area contributed by atoms with Crippen LogP contribution in [-0.4, -0.2) is 20.7 Å². The van der Waals surface area contributed by atoms with Gasteiger partial charge in [0.05, 0.1) is 21.6 Å². The van der Waals surface area contributed by atoms with Gasteiger partial charge >= 0.3 is 0 Å². The second-order valence-electron chi connectivity index (χ2n) is 9.90. The summed E-state index contributed by atoms with van der Waals surface area (Å²) in [6, 6.07) is 12.0. The van der Waals surface area contributed by atoms with Crippen LogP contribution < -0.4 is 10.6 Å². The fourth-order valence-corrected chi connectivity index (χ4v) is 4.29. The summed E-state index contributed by atoms with van der Waals surface area (Å²) < 4.78 is 11.5. The molecule has 0 unspecified atom stereocenters. The molecule has 9 nitrogen and oxygen atoms in total. The quantitative estimate of drug-likeness (QED) is 0.234. The molecule has 0 radical (unpaired) electrons. The first-order chi connectivity index (χ1) is 15.5. The predicted octanol–water partition coefficient (Wildman–Crippen LogP) is 6.76. The molecule has 0 aliphatic rings. The van der Waals surface area contributed by atoms with Gasteiger partial charge in [-0.15, -0.1) is 10.2 Å². The van der Waals surface area contributed by atoms with Crippen LogP contribution >= 0.6 is 0 Å². The first kappa shape index (κ1) is 22.3. The molecular formula is C24H27N5O4. The highest BCUT2D eigenvalue weighted by atomic mass is 16.6. The predicted molar refractivity (Wildman–Crippen MR) is 128 cm³/mol. The lowest BCUT2D eigenvalue weighted by Crippen LogP contribution is -2.35. The number of nitrogens with zero attached hydrogens (tertiary/aromatic N) is 3. The average Bonchev–Trinajstić information content (AvgIpc) is 3.35. The van der Waals surface area contributed by atoms with Crippen molar-refractivity contribution in [3.05, 3.63) is 59.0 Å². The van der Waals surface area contributed by atoms with E-state index in [2.05, 4.69) is 55.4 Å². The Morgan fingerprint density at radius 3 is 2.52 bits per heavy atom. The zero-order valence-electron chi connectivity index (χ0n) is 19.3. The Morgan fingerprint density at radius 1 is 1.09 bits per heavy atom. The summed E-state index contributed by atoms with van der Waals surface area (Å²) in [7, 11) is 0. The van der Waals surface area contributed by atoms with E-state index < -0.39 is 4.92 Å². The molecule has 2 heterocycles. The van der Waals surface area contributed by atoms with E-state index in [0.29, 0.717) is 39.7 Å². The molecule has 0 spiro atoms. The van der Waals surface area contributed by atoms with Crippen LogP contribution in [0.3, 0.4) is 0 Å². The first-order valence-corrected chi connectivity index (χ1v) is 10.6. The summed E-state index contributed by atoms with van der Waals surface area (Å²) in [5, 5.41) is 26.7. The second kappa shape index (κ2) is 8.23. The van der Waals surface area contributed by atoms with Crippen LogP contribution in [0, 0.1) is 15.5 Å². The van der Waals surface area contributed by atoms with E-state index >= 15 is 0 Å². The summed E-state index contributed by atoms with van der Waals surface area (Å²) in [6.45, 7) is 10.7. The largest absolute Gasteiger partial charge is 0.438 e. The maximum absolute atomic E-state index is 11.4. The Balaban J connectivity index is 1.83. The molecule has 172 valence electrons. The van der Waals surface area contributed by atoms with Gasteiger partial charge in [-0.1, -0.05) is 32.9 Å². The minimum absolute atomic E-state index is 0.0166.